The number of nitrogens with two attached hydrogens (primary N) is 1. The van der Waals surface area contributed by atoms with Gasteiger partial charge in [-0.1, -0.05) is 11.6 Å². The normalized spacial score (nSPS) is 19.0. The lowest BCUT2D eigenvalue weighted by atomic mass is 10.1. The van der Waals surface area contributed by atoms with Crippen LogP contribution in [0.3, 0.4) is 0 Å². The van der Waals surface area contributed by atoms with E-state index in [4.69, 9.17) is 10.7 Å². The number of aromatic nitrogens is 4. The number of rotatable bonds is 4. The molecule has 0 saturated carbocycles. The number of nitrogen functional groups attached to an aromatic ring is 1. The van der Waals surface area contributed by atoms with Crippen LogP contribution in [0.2, 0.25) is 0 Å². The molecule has 166 valence electrons. The van der Waals surface area contributed by atoms with Gasteiger partial charge in [0.15, 0.2) is 15.5 Å². The molecule has 1 aliphatic rings. The highest BCUT2D eigenvalue weighted by Gasteiger charge is 2.30. The average Bonchev–Trinajstić information content (AvgIpc) is 3.32. The van der Waals surface area contributed by atoms with Crippen molar-refractivity contribution >= 4 is 48.1 Å². The maximum atomic E-state index is 11.8. The molecule has 1 aromatic carbocycles. The van der Waals surface area contributed by atoms with E-state index in [0.29, 0.717) is 28.1 Å². The first-order valence-electron chi connectivity index (χ1n) is 10.4. The highest BCUT2D eigenvalue weighted by Crippen LogP contribution is 2.33. The molecular formula is C22H23BrN6O2S. The summed E-state index contributed by atoms with van der Waals surface area (Å²) in [4.78, 5) is 9.47. The van der Waals surface area contributed by atoms with Gasteiger partial charge < -0.3 is 11.1 Å². The summed E-state index contributed by atoms with van der Waals surface area (Å²) in [6.45, 7) is 4.02. The Balaban J connectivity index is 1.57. The van der Waals surface area contributed by atoms with Crippen LogP contribution in [0.25, 0.3) is 27.7 Å². The van der Waals surface area contributed by atoms with E-state index in [1.54, 1.807) is 10.7 Å². The van der Waals surface area contributed by atoms with Gasteiger partial charge >= 0.3 is 0 Å². The van der Waals surface area contributed by atoms with Gasteiger partial charge in [-0.2, -0.15) is 9.61 Å². The third kappa shape index (κ3) is 3.76. The third-order valence-corrected chi connectivity index (χ3v) is 8.50. The number of nitrogens with one attached hydrogen (secondary N) is 1. The van der Waals surface area contributed by atoms with Crippen LogP contribution in [-0.4, -0.2) is 45.5 Å². The molecule has 0 radical (unpaired) electrons. The minimum atomic E-state index is -2.97. The summed E-state index contributed by atoms with van der Waals surface area (Å²) in [5, 5.41) is 8.89. The lowest BCUT2D eigenvalue weighted by Gasteiger charge is -2.20. The number of hydrogen-bond acceptors (Lipinski definition) is 7. The van der Waals surface area contributed by atoms with Gasteiger partial charge in [-0.25, -0.2) is 13.4 Å². The molecular weight excluding hydrogens is 492 g/mol. The van der Waals surface area contributed by atoms with Crippen LogP contribution < -0.4 is 11.1 Å². The van der Waals surface area contributed by atoms with Crippen LogP contribution in [0.5, 0.6) is 0 Å². The van der Waals surface area contributed by atoms with Crippen molar-refractivity contribution in [1.29, 1.82) is 0 Å². The van der Waals surface area contributed by atoms with E-state index >= 15 is 0 Å². The van der Waals surface area contributed by atoms with Gasteiger partial charge in [0, 0.05) is 34.8 Å². The van der Waals surface area contributed by atoms with Crippen LogP contribution in [0, 0.1) is 6.92 Å². The molecule has 5 rings (SSSR count). The van der Waals surface area contributed by atoms with Crippen molar-refractivity contribution in [1.82, 2.24) is 24.9 Å². The Hall–Kier alpha value is -2.56. The first kappa shape index (κ1) is 21.3. The van der Waals surface area contributed by atoms with Crippen molar-refractivity contribution in [3.63, 3.8) is 0 Å². The fraction of sp³-hybridized carbons (Fsp3) is 0.318. The van der Waals surface area contributed by atoms with E-state index in [1.165, 1.54) is 5.56 Å². The molecule has 0 aliphatic carbocycles. The summed E-state index contributed by atoms with van der Waals surface area (Å²) in [7, 11) is -2.97. The maximum Gasteiger partial charge on any atom is 0.165 e. The predicted octanol–water partition coefficient (Wildman–Crippen LogP) is 3.44. The Kier molecular flexibility index (Phi) is 5.18. The second-order valence-electron chi connectivity index (χ2n) is 8.40. The van der Waals surface area contributed by atoms with Crippen molar-refractivity contribution in [3.8, 4) is 11.1 Å². The number of fused-ring (bicyclic) bond motifs is 2. The number of hydrogen-bond donors (Lipinski definition) is 2. The number of halogens is 1. The summed E-state index contributed by atoms with van der Waals surface area (Å²) < 4.78 is 25.9. The van der Waals surface area contributed by atoms with Gasteiger partial charge in [-0.15, -0.1) is 0 Å². The van der Waals surface area contributed by atoms with Gasteiger partial charge in [-0.3, -0.25) is 4.98 Å². The minimum absolute atomic E-state index is 0.0986. The maximum absolute atomic E-state index is 11.8. The second-order valence-corrected chi connectivity index (χ2v) is 11.4. The van der Waals surface area contributed by atoms with E-state index in [9.17, 15) is 8.42 Å². The van der Waals surface area contributed by atoms with Crippen LogP contribution in [-0.2, 0) is 9.84 Å². The van der Waals surface area contributed by atoms with Gasteiger partial charge in [-0.05, 0) is 54.4 Å². The number of nitrogens with zero attached hydrogens (tertiary/aromatic N) is 4. The zero-order chi connectivity index (χ0) is 22.6. The van der Waals surface area contributed by atoms with Crippen molar-refractivity contribution < 1.29 is 8.42 Å². The van der Waals surface area contributed by atoms with Crippen LogP contribution in [0.1, 0.15) is 30.6 Å². The van der Waals surface area contributed by atoms with E-state index in [2.05, 4.69) is 50.4 Å². The molecule has 4 aromatic rings. The fourth-order valence-electron chi connectivity index (χ4n) is 4.26. The molecule has 2 atom stereocenters. The fourth-order valence-corrected chi connectivity index (χ4v) is 6.55. The largest absolute Gasteiger partial charge is 0.383 e. The second kappa shape index (κ2) is 7.79. The zero-order valence-electron chi connectivity index (χ0n) is 17.7. The lowest BCUT2D eigenvalue weighted by Crippen LogP contribution is -2.33. The Labute approximate surface area is 194 Å². The van der Waals surface area contributed by atoms with Crippen molar-refractivity contribution in [2.45, 2.75) is 32.4 Å². The van der Waals surface area contributed by atoms with E-state index < -0.39 is 9.84 Å². The van der Waals surface area contributed by atoms with E-state index in [-0.39, 0.29) is 23.6 Å². The predicted molar refractivity (Wildman–Crippen MR) is 129 cm³/mol. The molecule has 3 aromatic heterocycles. The first-order chi connectivity index (χ1) is 15.2. The standard InChI is InChI=1S/C22H23BrN6O2S/c1-12-3-4-18-14(7-12)8-15(9-25-18)17-10-26-29-21(24)19(23)20(28-22(17)29)13(2)27-16-5-6-32(30,31)11-16/h3-4,7-10,13,16,27H,5-6,11,24H2,1-2H3. The molecule has 3 N–H and O–H groups in total. The van der Waals surface area contributed by atoms with Crippen molar-refractivity contribution in [2.24, 2.45) is 0 Å². The van der Waals surface area contributed by atoms with Crippen molar-refractivity contribution in [3.05, 3.63) is 52.4 Å². The third-order valence-electron chi connectivity index (χ3n) is 5.92. The Bertz CT molecular complexity index is 1470. The summed E-state index contributed by atoms with van der Waals surface area (Å²) in [5.74, 6) is 0.801. The van der Waals surface area contributed by atoms with Gasteiger partial charge in [0.25, 0.3) is 0 Å². The Morgan fingerprint density at radius 2 is 2.09 bits per heavy atom. The summed E-state index contributed by atoms with van der Waals surface area (Å²) in [5.41, 5.74) is 11.6. The number of sulfone groups is 1. The Morgan fingerprint density at radius 1 is 1.28 bits per heavy atom. The summed E-state index contributed by atoms with van der Waals surface area (Å²) in [6.07, 6.45) is 4.16. The molecule has 8 nitrogen and oxygen atoms in total. The quantitative estimate of drug-likeness (QED) is 0.428. The Morgan fingerprint density at radius 3 is 2.84 bits per heavy atom. The number of aryl methyl sites for hydroxylation is 1. The topological polar surface area (TPSA) is 115 Å². The highest BCUT2D eigenvalue weighted by atomic mass is 79.9. The van der Waals surface area contributed by atoms with E-state index in [0.717, 1.165) is 22.0 Å². The number of anilines is 1. The molecule has 0 amide bonds. The molecule has 0 spiro atoms. The number of benzene rings is 1. The molecule has 1 saturated heterocycles. The van der Waals surface area contributed by atoms with Gasteiger partial charge in [0.05, 0.1) is 33.4 Å². The molecule has 4 heterocycles. The smallest absolute Gasteiger partial charge is 0.165 e. The molecule has 2 unspecified atom stereocenters. The molecule has 1 fully saturated rings. The van der Waals surface area contributed by atoms with E-state index in [1.807, 2.05) is 25.3 Å². The summed E-state index contributed by atoms with van der Waals surface area (Å²) in [6, 6.07) is 7.93. The highest BCUT2D eigenvalue weighted by molar-refractivity contribution is 9.10. The van der Waals surface area contributed by atoms with Gasteiger partial charge in [0.1, 0.15) is 5.82 Å². The van der Waals surface area contributed by atoms with Crippen LogP contribution >= 0.6 is 15.9 Å². The van der Waals surface area contributed by atoms with Crippen LogP contribution in [0.4, 0.5) is 5.82 Å². The minimum Gasteiger partial charge on any atom is -0.383 e. The molecule has 32 heavy (non-hydrogen) atoms. The average molecular weight is 515 g/mol. The lowest BCUT2D eigenvalue weighted by molar-refractivity contribution is 0.476. The monoisotopic (exact) mass is 514 g/mol. The van der Waals surface area contributed by atoms with Crippen LogP contribution in [0.15, 0.2) is 41.1 Å². The molecule has 10 heteroatoms. The zero-order valence-corrected chi connectivity index (χ0v) is 20.1. The summed E-state index contributed by atoms with van der Waals surface area (Å²) >= 11 is 3.56. The van der Waals surface area contributed by atoms with Gasteiger partial charge in [0.2, 0.25) is 0 Å². The SMILES string of the molecule is Cc1ccc2ncc(-c3cnn4c(N)c(Br)c(C(C)NC5CCS(=O)(=O)C5)nc34)cc2c1. The number of pyridine rings is 1. The van der Waals surface area contributed by atoms with Crippen molar-refractivity contribution in [2.75, 3.05) is 17.2 Å². The molecule has 0 bridgehead atoms. The first-order valence-corrected chi connectivity index (χ1v) is 13.0. The molecule has 1 aliphatic heterocycles.